The minimum atomic E-state index is -4.23. The van der Waals surface area contributed by atoms with Crippen molar-refractivity contribution in [2.24, 2.45) is 0 Å². The molecule has 6 heteroatoms. The van der Waals surface area contributed by atoms with Crippen LogP contribution in [0.5, 0.6) is 0 Å². The van der Waals surface area contributed by atoms with Crippen molar-refractivity contribution in [2.75, 3.05) is 17.6 Å². The van der Waals surface area contributed by atoms with Crippen molar-refractivity contribution in [1.82, 2.24) is 0 Å². The lowest BCUT2D eigenvalue weighted by molar-refractivity contribution is -0.0327. The number of benzene rings is 1. The number of hydrogen-bond donors (Lipinski definition) is 1. The first kappa shape index (κ1) is 13.2. The van der Waals surface area contributed by atoms with Gasteiger partial charge in [-0.25, -0.2) is 4.39 Å². The van der Waals surface area contributed by atoms with Crippen LogP contribution in [0.3, 0.4) is 0 Å². The number of thioether (sulfide) groups is 1. The molecule has 1 N–H and O–H groups in total. The van der Waals surface area contributed by atoms with Crippen molar-refractivity contribution >= 4 is 17.4 Å². The normalized spacial score (nSPS) is 11.6. The lowest BCUT2D eigenvalue weighted by atomic mass is 10.2. The Morgan fingerprint density at radius 1 is 1.31 bits per heavy atom. The molecule has 16 heavy (non-hydrogen) atoms. The molecule has 1 aromatic carbocycles. The van der Waals surface area contributed by atoms with E-state index >= 15 is 0 Å². The summed E-state index contributed by atoms with van der Waals surface area (Å²) in [4.78, 5) is 0. The standard InChI is InChI=1S/C10H11F4NS/c1-7-2-3-8(11)9(6-7)15-4-5-16-10(12,13)14/h2-3,6,15H,4-5H2,1H3. The third kappa shape index (κ3) is 4.74. The molecule has 0 saturated carbocycles. The Kier molecular flexibility index (Phi) is 4.46. The summed E-state index contributed by atoms with van der Waals surface area (Å²) < 4.78 is 48.5. The predicted octanol–water partition coefficient (Wildman–Crippen LogP) is 3.80. The molecule has 0 fully saturated rings. The third-order valence-electron chi connectivity index (χ3n) is 1.81. The van der Waals surface area contributed by atoms with Gasteiger partial charge in [-0.1, -0.05) is 6.07 Å². The van der Waals surface area contributed by atoms with Crippen LogP contribution in [0.1, 0.15) is 5.56 Å². The molecule has 0 aliphatic rings. The molecule has 0 saturated heterocycles. The highest BCUT2D eigenvalue weighted by molar-refractivity contribution is 8.00. The van der Waals surface area contributed by atoms with Crippen LogP contribution in [-0.4, -0.2) is 17.8 Å². The summed E-state index contributed by atoms with van der Waals surface area (Å²) in [6.45, 7) is 1.86. The molecular formula is C10H11F4NS. The van der Waals surface area contributed by atoms with Gasteiger partial charge >= 0.3 is 5.51 Å². The average Bonchev–Trinajstić information content (AvgIpc) is 2.16. The van der Waals surface area contributed by atoms with Gasteiger partial charge in [0.2, 0.25) is 0 Å². The lowest BCUT2D eigenvalue weighted by Gasteiger charge is -2.09. The van der Waals surface area contributed by atoms with E-state index in [0.29, 0.717) is 0 Å². The van der Waals surface area contributed by atoms with E-state index in [1.165, 1.54) is 6.07 Å². The fourth-order valence-electron chi connectivity index (χ4n) is 1.13. The Labute approximate surface area is 95.2 Å². The summed E-state index contributed by atoms with van der Waals surface area (Å²) in [5, 5.41) is 2.63. The highest BCUT2D eigenvalue weighted by Gasteiger charge is 2.27. The Balaban J connectivity index is 2.40. The summed E-state index contributed by atoms with van der Waals surface area (Å²) in [5.41, 5.74) is -3.14. The van der Waals surface area contributed by atoms with Crippen molar-refractivity contribution in [3.05, 3.63) is 29.6 Å². The Bertz CT molecular complexity index is 351. The first-order chi connectivity index (χ1) is 7.38. The zero-order chi connectivity index (χ0) is 12.2. The molecule has 0 radical (unpaired) electrons. The second-order valence-electron chi connectivity index (χ2n) is 3.20. The van der Waals surface area contributed by atoms with E-state index in [4.69, 9.17) is 0 Å². The number of anilines is 1. The molecule has 0 amide bonds. The van der Waals surface area contributed by atoms with Gasteiger partial charge in [0.15, 0.2) is 0 Å². The highest BCUT2D eigenvalue weighted by Crippen LogP contribution is 2.29. The predicted molar refractivity (Wildman–Crippen MR) is 58.1 cm³/mol. The van der Waals surface area contributed by atoms with Gasteiger partial charge in [-0.15, -0.1) is 0 Å². The topological polar surface area (TPSA) is 12.0 Å². The van der Waals surface area contributed by atoms with Crippen LogP contribution in [0.4, 0.5) is 23.2 Å². The molecular weight excluding hydrogens is 242 g/mol. The number of rotatable bonds is 4. The second kappa shape index (κ2) is 5.43. The molecule has 0 aliphatic heterocycles. The van der Waals surface area contributed by atoms with Crippen molar-refractivity contribution in [2.45, 2.75) is 12.4 Å². The maximum Gasteiger partial charge on any atom is 0.441 e. The van der Waals surface area contributed by atoms with E-state index in [1.807, 2.05) is 0 Å². The van der Waals surface area contributed by atoms with Gasteiger partial charge in [-0.05, 0) is 36.4 Å². The fraction of sp³-hybridized carbons (Fsp3) is 0.400. The Hall–Kier alpha value is -0.910. The zero-order valence-electron chi connectivity index (χ0n) is 8.57. The SMILES string of the molecule is Cc1ccc(F)c(NCCSC(F)(F)F)c1. The Morgan fingerprint density at radius 3 is 2.62 bits per heavy atom. The van der Waals surface area contributed by atoms with Gasteiger partial charge in [-0.2, -0.15) is 13.2 Å². The van der Waals surface area contributed by atoms with Crippen LogP contribution in [-0.2, 0) is 0 Å². The summed E-state index contributed by atoms with van der Waals surface area (Å²) in [5.74, 6) is -0.598. The van der Waals surface area contributed by atoms with Crippen LogP contribution in [0.2, 0.25) is 0 Å². The van der Waals surface area contributed by atoms with Gasteiger partial charge in [0.05, 0.1) is 5.69 Å². The maximum absolute atomic E-state index is 13.1. The number of alkyl halides is 3. The van der Waals surface area contributed by atoms with E-state index in [2.05, 4.69) is 5.32 Å². The zero-order valence-corrected chi connectivity index (χ0v) is 9.38. The highest BCUT2D eigenvalue weighted by atomic mass is 32.2. The van der Waals surface area contributed by atoms with E-state index in [1.54, 1.807) is 19.1 Å². The van der Waals surface area contributed by atoms with Crippen molar-refractivity contribution in [3.8, 4) is 0 Å². The molecule has 0 aromatic heterocycles. The minimum Gasteiger partial charge on any atom is -0.382 e. The number of halogens is 4. The van der Waals surface area contributed by atoms with E-state index in [0.717, 1.165) is 5.56 Å². The van der Waals surface area contributed by atoms with Gasteiger partial charge in [0, 0.05) is 12.3 Å². The van der Waals surface area contributed by atoms with Crippen LogP contribution < -0.4 is 5.32 Å². The van der Waals surface area contributed by atoms with Gasteiger partial charge in [0.25, 0.3) is 0 Å². The first-order valence-corrected chi connectivity index (χ1v) is 5.58. The minimum absolute atomic E-state index is 0.0740. The smallest absolute Gasteiger partial charge is 0.382 e. The van der Waals surface area contributed by atoms with E-state index in [9.17, 15) is 17.6 Å². The largest absolute Gasteiger partial charge is 0.441 e. The maximum atomic E-state index is 13.1. The molecule has 0 aliphatic carbocycles. The first-order valence-electron chi connectivity index (χ1n) is 4.59. The van der Waals surface area contributed by atoms with Gasteiger partial charge in [0.1, 0.15) is 5.82 Å². The summed E-state index contributed by atoms with van der Waals surface area (Å²) in [6, 6.07) is 4.45. The molecule has 0 bridgehead atoms. The monoisotopic (exact) mass is 253 g/mol. The Morgan fingerprint density at radius 2 is 2.00 bits per heavy atom. The molecule has 0 spiro atoms. The van der Waals surface area contributed by atoms with Crippen LogP contribution >= 0.6 is 11.8 Å². The quantitative estimate of drug-likeness (QED) is 0.647. The van der Waals surface area contributed by atoms with Crippen LogP contribution in [0, 0.1) is 12.7 Å². The van der Waals surface area contributed by atoms with Crippen molar-refractivity contribution < 1.29 is 17.6 Å². The number of hydrogen-bond acceptors (Lipinski definition) is 2. The van der Waals surface area contributed by atoms with E-state index in [-0.39, 0.29) is 29.7 Å². The average molecular weight is 253 g/mol. The molecule has 1 nitrogen and oxygen atoms in total. The van der Waals surface area contributed by atoms with Crippen molar-refractivity contribution in [1.29, 1.82) is 0 Å². The summed E-state index contributed by atoms with van der Waals surface area (Å²) in [6.07, 6.45) is 0. The lowest BCUT2D eigenvalue weighted by Crippen LogP contribution is -2.10. The van der Waals surface area contributed by atoms with E-state index < -0.39 is 11.3 Å². The van der Waals surface area contributed by atoms with Gasteiger partial charge in [-0.3, -0.25) is 0 Å². The molecule has 1 aromatic rings. The summed E-state index contributed by atoms with van der Waals surface area (Å²) in [7, 11) is 0. The molecule has 0 heterocycles. The molecule has 90 valence electrons. The fourth-order valence-corrected chi connectivity index (χ4v) is 1.56. The molecule has 0 unspecified atom stereocenters. The second-order valence-corrected chi connectivity index (χ2v) is 4.36. The van der Waals surface area contributed by atoms with Crippen LogP contribution in [0.25, 0.3) is 0 Å². The molecule has 1 rings (SSSR count). The third-order valence-corrected chi connectivity index (χ3v) is 2.54. The van der Waals surface area contributed by atoms with Crippen LogP contribution in [0.15, 0.2) is 18.2 Å². The van der Waals surface area contributed by atoms with Gasteiger partial charge < -0.3 is 5.32 Å². The summed E-state index contributed by atoms with van der Waals surface area (Å²) >= 11 is -0.122. The van der Waals surface area contributed by atoms with Crippen molar-refractivity contribution in [3.63, 3.8) is 0 Å². The number of aryl methyl sites for hydroxylation is 1. The number of nitrogens with one attached hydrogen (secondary N) is 1. The molecule has 0 atom stereocenters.